The first kappa shape index (κ1) is 16.6. The highest BCUT2D eigenvalue weighted by molar-refractivity contribution is 6.29. The van der Waals surface area contributed by atoms with Crippen LogP contribution in [0.2, 0.25) is 5.15 Å². The minimum absolute atomic E-state index is 0.442. The Morgan fingerprint density at radius 2 is 2.04 bits per heavy atom. The Kier molecular flexibility index (Phi) is 3.87. The third kappa shape index (κ3) is 2.91. The number of aryl methyl sites for hydroxylation is 1. The number of imidazole rings is 1. The Morgan fingerprint density at radius 1 is 1.11 bits per heavy atom. The van der Waals surface area contributed by atoms with Crippen LogP contribution in [-0.2, 0) is 7.05 Å². The lowest BCUT2D eigenvalue weighted by molar-refractivity contribution is 0.481. The van der Waals surface area contributed by atoms with E-state index in [1.165, 1.54) is 0 Å². The molecule has 0 aliphatic rings. The van der Waals surface area contributed by atoms with Crippen LogP contribution in [-0.4, -0.2) is 24.5 Å². The molecule has 5 rings (SSSR count). The number of nitrogens with zero attached hydrogens (tertiary/aromatic N) is 4. The number of H-pyrrole nitrogens is 1. The van der Waals surface area contributed by atoms with E-state index in [1.54, 1.807) is 18.5 Å². The van der Waals surface area contributed by atoms with Gasteiger partial charge in [0.25, 0.3) is 0 Å². The van der Waals surface area contributed by atoms with Crippen LogP contribution < -0.4 is 10.1 Å². The normalized spacial score (nSPS) is 11.2. The second kappa shape index (κ2) is 6.54. The molecule has 4 heterocycles. The molecule has 0 bridgehead atoms. The molecule has 5 aromatic rings. The highest BCUT2D eigenvalue weighted by atomic mass is 35.5. The summed E-state index contributed by atoms with van der Waals surface area (Å²) >= 11 is 6.04. The van der Waals surface area contributed by atoms with Crippen molar-refractivity contribution >= 4 is 45.3 Å². The summed E-state index contributed by atoms with van der Waals surface area (Å²) in [4.78, 5) is 16.3. The molecule has 28 heavy (non-hydrogen) atoms. The van der Waals surface area contributed by atoms with Gasteiger partial charge in [0.05, 0.1) is 28.4 Å². The molecule has 0 saturated heterocycles. The monoisotopic (exact) mass is 390 g/mol. The van der Waals surface area contributed by atoms with Crippen LogP contribution in [0.4, 0.5) is 11.6 Å². The van der Waals surface area contributed by atoms with Crippen molar-refractivity contribution < 1.29 is 4.74 Å². The molecule has 0 aliphatic carbocycles. The van der Waals surface area contributed by atoms with E-state index >= 15 is 0 Å². The number of nitrogens with one attached hydrogen (secondary N) is 2. The SMILES string of the molecule is Cn1c(Nc2c[nH]c3ccc(Cl)nc23)nc2ccc(Oc3cccnc3)cc21. The standard InChI is InChI=1S/C20H15ClN6O/c1-27-17-9-12(28-13-3-2-8-22-10-13)4-5-14(17)24-20(27)25-16-11-23-15-6-7-18(21)26-19(15)16/h2-11,23H,1H3,(H,24,25). The van der Waals surface area contributed by atoms with Crippen molar-refractivity contribution in [1.29, 1.82) is 0 Å². The predicted octanol–water partition coefficient (Wildman–Crippen LogP) is 5.03. The Bertz CT molecular complexity index is 1290. The quantitative estimate of drug-likeness (QED) is 0.420. The van der Waals surface area contributed by atoms with Crippen molar-refractivity contribution in [3.8, 4) is 11.5 Å². The Hall–Kier alpha value is -3.58. The number of halogens is 1. The Labute approximate surface area is 165 Å². The highest BCUT2D eigenvalue weighted by Gasteiger charge is 2.12. The lowest BCUT2D eigenvalue weighted by Crippen LogP contribution is -1.99. The minimum Gasteiger partial charge on any atom is -0.456 e. The van der Waals surface area contributed by atoms with Crippen molar-refractivity contribution in [3.05, 3.63) is 66.2 Å². The van der Waals surface area contributed by atoms with Crippen LogP contribution >= 0.6 is 11.6 Å². The average molecular weight is 391 g/mol. The number of anilines is 2. The summed E-state index contributed by atoms with van der Waals surface area (Å²) < 4.78 is 7.84. The summed E-state index contributed by atoms with van der Waals surface area (Å²) in [5, 5.41) is 3.77. The number of aromatic nitrogens is 5. The van der Waals surface area contributed by atoms with Crippen molar-refractivity contribution in [2.45, 2.75) is 0 Å². The van der Waals surface area contributed by atoms with Crippen molar-refractivity contribution in [2.24, 2.45) is 7.05 Å². The lowest BCUT2D eigenvalue weighted by Gasteiger charge is -2.06. The highest BCUT2D eigenvalue weighted by Crippen LogP contribution is 2.30. The van der Waals surface area contributed by atoms with E-state index in [0.29, 0.717) is 16.9 Å². The van der Waals surface area contributed by atoms with Crippen molar-refractivity contribution in [3.63, 3.8) is 0 Å². The van der Waals surface area contributed by atoms with Gasteiger partial charge in [-0.15, -0.1) is 0 Å². The zero-order valence-corrected chi connectivity index (χ0v) is 15.6. The maximum atomic E-state index is 6.04. The van der Waals surface area contributed by atoms with E-state index in [0.717, 1.165) is 33.5 Å². The summed E-state index contributed by atoms with van der Waals surface area (Å²) in [6, 6.07) is 13.1. The maximum absolute atomic E-state index is 6.04. The first-order valence-corrected chi connectivity index (χ1v) is 9.00. The van der Waals surface area contributed by atoms with Gasteiger partial charge < -0.3 is 19.6 Å². The zero-order chi connectivity index (χ0) is 19.1. The van der Waals surface area contributed by atoms with E-state index in [2.05, 4.69) is 25.3 Å². The topological polar surface area (TPSA) is 80.7 Å². The zero-order valence-electron chi connectivity index (χ0n) is 14.8. The number of pyridine rings is 2. The molecular formula is C20H15ClN6O. The number of rotatable bonds is 4. The van der Waals surface area contributed by atoms with Crippen LogP contribution in [0.5, 0.6) is 11.5 Å². The number of hydrogen-bond acceptors (Lipinski definition) is 5. The van der Waals surface area contributed by atoms with Gasteiger partial charge in [-0.2, -0.15) is 0 Å². The fraction of sp³-hybridized carbons (Fsp3) is 0.0500. The molecule has 0 radical (unpaired) electrons. The fourth-order valence-corrected chi connectivity index (χ4v) is 3.23. The Balaban J connectivity index is 1.50. The molecule has 0 spiro atoms. The van der Waals surface area contributed by atoms with Gasteiger partial charge in [-0.1, -0.05) is 11.6 Å². The largest absolute Gasteiger partial charge is 0.456 e. The number of hydrogen-bond donors (Lipinski definition) is 2. The molecule has 2 N–H and O–H groups in total. The third-order valence-corrected chi connectivity index (χ3v) is 4.67. The predicted molar refractivity (Wildman–Crippen MR) is 109 cm³/mol. The molecule has 0 atom stereocenters. The van der Waals surface area contributed by atoms with Gasteiger partial charge in [-0.3, -0.25) is 4.98 Å². The number of ether oxygens (including phenoxy) is 1. The molecule has 7 nitrogen and oxygen atoms in total. The van der Waals surface area contributed by atoms with Gasteiger partial charge >= 0.3 is 0 Å². The molecule has 138 valence electrons. The summed E-state index contributed by atoms with van der Waals surface area (Å²) in [6.45, 7) is 0. The van der Waals surface area contributed by atoms with Crippen LogP contribution in [0.25, 0.3) is 22.1 Å². The van der Waals surface area contributed by atoms with E-state index in [1.807, 2.05) is 54.2 Å². The lowest BCUT2D eigenvalue weighted by atomic mass is 10.3. The molecule has 0 saturated carbocycles. The van der Waals surface area contributed by atoms with Crippen molar-refractivity contribution in [2.75, 3.05) is 5.32 Å². The first-order valence-electron chi connectivity index (χ1n) is 8.62. The molecular weight excluding hydrogens is 376 g/mol. The minimum atomic E-state index is 0.442. The van der Waals surface area contributed by atoms with Gasteiger partial charge in [0.15, 0.2) is 0 Å². The molecule has 4 aromatic heterocycles. The van der Waals surface area contributed by atoms with E-state index in [9.17, 15) is 0 Å². The number of benzene rings is 1. The van der Waals surface area contributed by atoms with Gasteiger partial charge in [-0.05, 0) is 36.4 Å². The second-order valence-electron chi connectivity index (χ2n) is 6.29. The molecule has 0 amide bonds. The summed E-state index contributed by atoms with van der Waals surface area (Å²) in [5.74, 6) is 2.09. The summed E-state index contributed by atoms with van der Waals surface area (Å²) in [7, 11) is 1.95. The first-order chi connectivity index (χ1) is 13.7. The van der Waals surface area contributed by atoms with Crippen molar-refractivity contribution in [1.82, 2.24) is 24.5 Å². The van der Waals surface area contributed by atoms with Crippen LogP contribution in [0, 0.1) is 0 Å². The summed E-state index contributed by atoms with van der Waals surface area (Å²) in [5.41, 5.74) is 4.27. The number of fused-ring (bicyclic) bond motifs is 2. The Morgan fingerprint density at radius 3 is 2.89 bits per heavy atom. The smallest absolute Gasteiger partial charge is 0.208 e. The fourth-order valence-electron chi connectivity index (χ4n) is 3.08. The van der Waals surface area contributed by atoms with Gasteiger partial charge in [0.1, 0.15) is 22.2 Å². The number of aromatic amines is 1. The summed E-state index contributed by atoms with van der Waals surface area (Å²) in [6.07, 6.45) is 5.24. The molecule has 1 aromatic carbocycles. The molecule has 8 heteroatoms. The second-order valence-corrected chi connectivity index (χ2v) is 6.68. The van der Waals surface area contributed by atoms with Gasteiger partial charge in [-0.25, -0.2) is 9.97 Å². The van der Waals surface area contributed by atoms with Crippen LogP contribution in [0.1, 0.15) is 0 Å². The maximum Gasteiger partial charge on any atom is 0.208 e. The van der Waals surface area contributed by atoms with E-state index in [-0.39, 0.29) is 0 Å². The van der Waals surface area contributed by atoms with Crippen LogP contribution in [0.3, 0.4) is 0 Å². The van der Waals surface area contributed by atoms with E-state index in [4.69, 9.17) is 16.3 Å². The molecule has 0 unspecified atom stereocenters. The van der Waals surface area contributed by atoms with E-state index < -0.39 is 0 Å². The van der Waals surface area contributed by atoms with Crippen LogP contribution in [0.15, 0.2) is 61.1 Å². The van der Waals surface area contributed by atoms with Gasteiger partial charge in [0.2, 0.25) is 5.95 Å². The van der Waals surface area contributed by atoms with Gasteiger partial charge in [0, 0.05) is 25.5 Å². The molecule has 0 aliphatic heterocycles. The third-order valence-electron chi connectivity index (χ3n) is 4.46. The molecule has 0 fully saturated rings. The average Bonchev–Trinajstić information content (AvgIpc) is 3.24.